The van der Waals surface area contributed by atoms with Crippen LogP contribution in [0.4, 0.5) is 0 Å². The minimum atomic E-state index is 0.00993. The van der Waals surface area contributed by atoms with Crippen molar-refractivity contribution in [3.63, 3.8) is 0 Å². The van der Waals surface area contributed by atoms with Crippen molar-refractivity contribution in [1.82, 2.24) is 4.90 Å². The molecule has 1 heterocycles. The Morgan fingerprint density at radius 2 is 2.06 bits per heavy atom. The van der Waals surface area contributed by atoms with Crippen LogP contribution >= 0.6 is 22.6 Å². The molecule has 1 aliphatic heterocycles. The van der Waals surface area contributed by atoms with E-state index in [-0.39, 0.29) is 11.4 Å². The van der Waals surface area contributed by atoms with E-state index in [1.165, 1.54) is 0 Å². The molecule has 0 aromatic heterocycles. The second-order valence-corrected chi connectivity index (χ2v) is 6.01. The zero-order valence-electron chi connectivity index (χ0n) is 9.66. The molecule has 0 saturated carbocycles. The summed E-state index contributed by atoms with van der Waals surface area (Å²) in [6.07, 6.45) is 2.21. The van der Waals surface area contributed by atoms with Crippen molar-refractivity contribution >= 4 is 28.5 Å². The third kappa shape index (κ3) is 2.10. The SMILES string of the molecule is CC1(C)CCCN1C(=O)c1ccccc1I. The van der Waals surface area contributed by atoms with E-state index in [1.54, 1.807) is 0 Å². The molecule has 1 aromatic rings. The Labute approximate surface area is 110 Å². The highest BCUT2D eigenvalue weighted by molar-refractivity contribution is 14.1. The minimum Gasteiger partial charge on any atom is -0.333 e. The first kappa shape index (κ1) is 11.9. The van der Waals surface area contributed by atoms with Crippen molar-refractivity contribution in [3.05, 3.63) is 33.4 Å². The maximum atomic E-state index is 12.4. The van der Waals surface area contributed by atoms with E-state index in [0.717, 1.165) is 28.5 Å². The van der Waals surface area contributed by atoms with Gasteiger partial charge >= 0.3 is 0 Å². The number of amides is 1. The van der Waals surface area contributed by atoms with Crippen LogP contribution in [0.15, 0.2) is 24.3 Å². The molecule has 0 spiro atoms. The number of carbonyl (C=O) groups is 1. The maximum Gasteiger partial charge on any atom is 0.255 e. The lowest BCUT2D eigenvalue weighted by atomic mass is 10.0. The second-order valence-electron chi connectivity index (χ2n) is 4.85. The molecule has 86 valence electrons. The molecule has 2 nitrogen and oxygen atoms in total. The molecule has 0 aliphatic carbocycles. The fraction of sp³-hybridized carbons (Fsp3) is 0.462. The lowest BCUT2D eigenvalue weighted by Crippen LogP contribution is -2.42. The van der Waals surface area contributed by atoms with E-state index in [2.05, 4.69) is 36.4 Å². The summed E-state index contributed by atoms with van der Waals surface area (Å²) in [6, 6.07) is 7.79. The summed E-state index contributed by atoms with van der Waals surface area (Å²) in [4.78, 5) is 14.4. The molecular formula is C13H16INO. The van der Waals surface area contributed by atoms with Crippen molar-refractivity contribution < 1.29 is 4.79 Å². The molecule has 0 N–H and O–H groups in total. The first-order valence-corrected chi connectivity index (χ1v) is 6.67. The van der Waals surface area contributed by atoms with Crippen molar-refractivity contribution in [1.29, 1.82) is 0 Å². The molecule has 1 saturated heterocycles. The summed E-state index contributed by atoms with van der Waals surface area (Å²) in [7, 11) is 0. The number of likely N-dealkylation sites (tertiary alicyclic amines) is 1. The van der Waals surface area contributed by atoms with Crippen molar-refractivity contribution in [2.45, 2.75) is 32.2 Å². The molecule has 1 aromatic carbocycles. The normalized spacial score (nSPS) is 18.8. The molecule has 0 radical (unpaired) electrons. The van der Waals surface area contributed by atoms with Crippen molar-refractivity contribution in [2.24, 2.45) is 0 Å². The Hall–Kier alpha value is -0.580. The average molecular weight is 329 g/mol. The number of hydrogen-bond donors (Lipinski definition) is 0. The second kappa shape index (κ2) is 4.35. The predicted molar refractivity (Wildman–Crippen MR) is 73.5 cm³/mol. The van der Waals surface area contributed by atoms with Crippen LogP contribution in [0.5, 0.6) is 0 Å². The van der Waals surface area contributed by atoms with Gasteiger partial charge in [0.25, 0.3) is 5.91 Å². The van der Waals surface area contributed by atoms with Gasteiger partial charge in [-0.1, -0.05) is 12.1 Å². The summed E-state index contributed by atoms with van der Waals surface area (Å²) in [5.74, 6) is 0.174. The van der Waals surface area contributed by atoms with Crippen molar-refractivity contribution in [2.75, 3.05) is 6.54 Å². The monoisotopic (exact) mass is 329 g/mol. The van der Waals surface area contributed by atoms with Gasteiger partial charge in [-0.05, 0) is 61.4 Å². The van der Waals surface area contributed by atoms with Gasteiger partial charge in [0.15, 0.2) is 0 Å². The fourth-order valence-corrected chi connectivity index (χ4v) is 2.88. The van der Waals surface area contributed by atoms with Crippen LogP contribution in [0.3, 0.4) is 0 Å². The van der Waals surface area contributed by atoms with E-state index in [1.807, 2.05) is 29.2 Å². The number of carbonyl (C=O) groups excluding carboxylic acids is 1. The Morgan fingerprint density at radius 1 is 1.38 bits per heavy atom. The maximum absolute atomic E-state index is 12.4. The van der Waals surface area contributed by atoms with E-state index in [4.69, 9.17) is 0 Å². The predicted octanol–water partition coefficient (Wildman–Crippen LogP) is 3.31. The first-order chi connectivity index (χ1) is 7.52. The molecule has 1 fully saturated rings. The fourth-order valence-electron chi connectivity index (χ4n) is 2.26. The lowest BCUT2D eigenvalue weighted by Gasteiger charge is -2.32. The summed E-state index contributed by atoms with van der Waals surface area (Å²) in [5.41, 5.74) is 0.841. The van der Waals surface area contributed by atoms with Gasteiger partial charge in [0.05, 0.1) is 5.56 Å². The third-order valence-corrected chi connectivity index (χ3v) is 4.19. The largest absolute Gasteiger partial charge is 0.333 e. The summed E-state index contributed by atoms with van der Waals surface area (Å²) in [6.45, 7) is 5.18. The van der Waals surface area contributed by atoms with Gasteiger partial charge in [0, 0.05) is 15.7 Å². The van der Waals surface area contributed by atoms with Crippen LogP contribution in [0.2, 0.25) is 0 Å². The Balaban J connectivity index is 2.30. The highest BCUT2D eigenvalue weighted by Gasteiger charge is 2.36. The van der Waals surface area contributed by atoms with Gasteiger partial charge in [0.1, 0.15) is 0 Å². The van der Waals surface area contributed by atoms with Crippen LogP contribution in [0, 0.1) is 3.57 Å². The number of benzene rings is 1. The van der Waals surface area contributed by atoms with Gasteiger partial charge in [-0.25, -0.2) is 0 Å². The quantitative estimate of drug-likeness (QED) is 0.724. The highest BCUT2D eigenvalue weighted by atomic mass is 127. The number of halogens is 1. The van der Waals surface area contributed by atoms with E-state index < -0.39 is 0 Å². The van der Waals surface area contributed by atoms with E-state index >= 15 is 0 Å². The topological polar surface area (TPSA) is 20.3 Å². The zero-order valence-corrected chi connectivity index (χ0v) is 11.8. The van der Waals surface area contributed by atoms with Crippen molar-refractivity contribution in [3.8, 4) is 0 Å². The minimum absolute atomic E-state index is 0.00993. The van der Waals surface area contributed by atoms with Crippen LogP contribution < -0.4 is 0 Å². The smallest absolute Gasteiger partial charge is 0.255 e. The molecule has 2 rings (SSSR count). The molecule has 0 bridgehead atoms. The third-order valence-electron chi connectivity index (χ3n) is 3.25. The van der Waals surface area contributed by atoms with E-state index in [9.17, 15) is 4.79 Å². The Bertz CT molecular complexity index is 414. The first-order valence-electron chi connectivity index (χ1n) is 5.59. The van der Waals surface area contributed by atoms with E-state index in [0.29, 0.717) is 0 Å². The zero-order chi connectivity index (χ0) is 11.8. The Morgan fingerprint density at radius 3 is 2.62 bits per heavy atom. The average Bonchev–Trinajstić information content (AvgIpc) is 2.58. The number of hydrogen-bond acceptors (Lipinski definition) is 1. The molecule has 0 atom stereocenters. The van der Waals surface area contributed by atoms with Gasteiger partial charge in [-0.2, -0.15) is 0 Å². The summed E-state index contributed by atoms with van der Waals surface area (Å²) in [5, 5.41) is 0. The molecule has 0 unspecified atom stereocenters. The van der Waals surface area contributed by atoms with Crippen LogP contribution in [-0.2, 0) is 0 Å². The Kier molecular flexibility index (Phi) is 3.24. The lowest BCUT2D eigenvalue weighted by molar-refractivity contribution is 0.0651. The molecular weight excluding hydrogens is 313 g/mol. The number of nitrogens with zero attached hydrogens (tertiary/aromatic N) is 1. The van der Waals surface area contributed by atoms with Gasteiger partial charge in [-0.15, -0.1) is 0 Å². The highest BCUT2D eigenvalue weighted by Crippen LogP contribution is 2.30. The van der Waals surface area contributed by atoms with Gasteiger partial charge in [-0.3, -0.25) is 4.79 Å². The number of rotatable bonds is 1. The van der Waals surface area contributed by atoms with Crippen LogP contribution in [-0.4, -0.2) is 22.9 Å². The molecule has 1 amide bonds. The molecule has 3 heteroatoms. The summed E-state index contributed by atoms with van der Waals surface area (Å²) >= 11 is 2.23. The van der Waals surface area contributed by atoms with Crippen LogP contribution in [0.25, 0.3) is 0 Å². The molecule has 1 aliphatic rings. The summed E-state index contributed by atoms with van der Waals surface area (Å²) < 4.78 is 1.04. The molecule has 16 heavy (non-hydrogen) atoms. The standard InChI is InChI=1S/C13H16INO/c1-13(2)8-5-9-15(13)12(16)10-6-3-4-7-11(10)14/h3-4,6-7H,5,8-9H2,1-2H3. The van der Waals surface area contributed by atoms with Gasteiger partial charge < -0.3 is 4.90 Å². The van der Waals surface area contributed by atoms with Crippen LogP contribution in [0.1, 0.15) is 37.0 Å². The van der Waals surface area contributed by atoms with Gasteiger partial charge in [0.2, 0.25) is 0 Å².